The van der Waals surface area contributed by atoms with Crippen LogP contribution < -0.4 is 0 Å². The van der Waals surface area contributed by atoms with Gasteiger partial charge in [0.05, 0.1) is 26.4 Å². The quantitative estimate of drug-likeness (QED) is 0.0222. The molecule has 3 N–H and O–H groups in total. The van der Waals surface area contributed by atoms with Gasteiger partial charge in [0.25, 0.3) is 0 Å². The summed E-state index contributed by atoms with van der Waals surface area (Å²) in [5.74, 6) is -0.0828. The summed E-state index contributed by atoms with van der Waals surface area (Å²) in [6.07, 6.45) is 45.1. The summed E-state index contributed by atoms with van der Waals surface area (Å²) >= 11 is 0. The lowest BCUT2D eigenvalue weighted by molar-refractivity contribution is -0.161. The second-order valence-corrected chi connectivity index (χ2v) is 29.6. The van der Waals surface area contributed by atoms with Crippen molar-refractivity contribution in [2.24, 2.45) is 17.8 Å². The van der Waals surface area contributed by atoms with Crippen molar-refractivity contribution in [3.8, 4) is 0 Å². The molecule has 0 aromatic carbocycles. The van der Waals surface area contributed by atoms with Crippen LogP contribution in [0.4, 0.5) is 0 Å². The van der Waals surface area contributed by atoms with Gasteiger partial charge in [0, 0.05) is 25.7 Å². The van der Waals surface area contributed by atoms with Gasteiger partial charge in [0.1, 0.15) is 19.3 Å². The number of hydrogen-bond acceptors (Lipinski definition) is 15. The van der Waals surface area contributed by atoms with Crippen LogP contribution in [0.15, 0.2) is 0 Å². The summed E-state index contributed by atoms with van der Waals surface area (Å²) in [7, 11) is -9.90. The van der Waals surface area contributed by atoms with E-state index in [4.69, 9.17) is 37.0 Å². The molecule has 0 aromatic rings. The van der Waals surface area contributed by atoms with Gasteiger partial charge in [-0.05, 0) is 43.4 Å². The number of unbranched alkanes of at least 4 members (excludes halogenated alkanes) is 36. The van der Waals surface area contributed by atoms with Gasteiger partial charge in [0.2, 0.25) is 0 Å². The molecular formula is C70H136O17P2. The highest BCUT2D eigenvalue weighted by molar-refractivity contribution is 7.47. The second kappa shape index (κ2) is 61.0. The minimum absolute atomic E-state index is 0.101. The summed E-state index contributed by atoms with van der Waals surface area (Å²) < 4.78 is 68.1. The Hall–Kier alpha value is -1.94. The first-order valence-corrected chi connectivity index (χ1v) is 39.3. The van der Waals surface area contributed by atoms with Gasteiger partial charge in [-0.25, -0.2) is 9.13 Å². The zero-order valence-electron chi connectivity index (χ0n) is 57.9. The Labute approximate surface area is 543 Å². The number of aliphatic hydroxyl groups excluding tert-OH is 1. The SMILES string of the molecule is CCCCCCCCCCCCCCCCCCCCCCCC(=O)O[C@H](COC(=O)CCCCCCCCCC(C)C)COP(=O)(O)OC[C@@H](O)COP(=O)(O)OC[C@@H](COC(=O)CCCCCCCCC(C)C)OC(=O)CCCCCCCCC(C)C. The van der Waals surface area contributed by atoms with Gasteiger partial charge in [-0.3, -0.25) is 37.3 Å². The zero-order valence-corrected chi connectivity index (χ0v) is 59.7. The average Bonchev–Trinajstić information content (AvgIpc) is 3.54. The van der Waals surface area contributed by atoms with E-state index in [2.05, 4.69) is 48.5 Å². The Morgan fingerprint density at radius 2 is 0.517 bits per heavy atom. The van der Waals surface area contributed by atoms with Crippen molar-refractivity contribution in [2.45, 2.75) is 369 Å². The molecule has 0 aliphatic carbocycles. The maximum absolute atomic E-state index is 13.0. The standard InChI is InChI=1S/C70H136O17P2/c1-8-9-10-11-12-13-14-15-16-17-18-19-20-21-22-23-24-25-28-39-46-53-69(74)86-65(57-80-67(72)51-44-37-29-26-27-34-41-48-61(2)3)59-84-88(76,77)82-55-64(71)56-83-89(78,79)85-60-66(87-70(75)54-47-40-33-31-36-43-50-63(6)7)58-81-68(73)52-45-38-32-30-35-42-49-62(4)5/h61-66,71H,8-60H2,1-7H3,(H,76,77)(H,78,79)/t64-,65-,66-/m1/s1. The number of rotatable bonds is 68. The monoisotopic (exact) mass is 1310 g/mol. The molecule has 0 saturated carbocycles. The number of esters is 4. The predicted octanol–water partition coefficient (Wildman–Crippen LogP) is 19.8. The van der Waals surface area contributed by atoms with Crippen LogP contribution in [0.3, 0.4) is 0 Å². The fourth-order valence-electron chi connectivity index (χ4n) is 10.5. The van der Waals surface area contributed by atoms with Crippen molar-refractivity contribution in [3.05, 3.63) is 0 Å². The van der Waals surface area contributed by atoms with E-state index in [1.807, 2.05) is 0 Å². The average molecular weight is 1310 g/mol. The largest absolute Gasteiger partial charge is 0.472 e. The first-order valence-electron chi connectivity index (χ1n) is 36.3. The van der Waals surface area contributed by atoms with E-state index in [1.54, 1.807) is 0 Å². The molecule has 5 atom stereocenters. The molecule has 0 aromatic heterocycles. The van der Waals surface area contributed by atoms with Crippen LogP contribution in [0.1, 0.15) is 350 Å². The Balaban J connectivity index is 5.13. The molecule has 0 bridgehead atoms. The van der Waals surface area contributed by atoms with Gasteiger partial charge in [-0.1, -0.05) is 299 Å². The Bertz CT molecular complexity index is 1750. The minimum Gasteiger partial charge on any atom is -0.462 e. The maximum Gasteiger partial charge on any atom is 0.472 e. The highest BCUT2D eigenvalue weighted by Crippen LogP contribution is 2.45. The Morgan fingerprint density at radius 3 is 0.764 bits per heavy atom. The second-order valence-electron chi connectivity index (χ2n) is 26.7. The fraction of sp³-hybridized carbons (Fsp3) is 0.943. The number of phosphoric ester groups is 2. The van der Waals surface area contributed by atoms with Gasteiger partial charge in [0.15, 0.2) is 12.2 Å². The Morgan fingerprint density at radius 1 is 0.303 bits per heavy atom. The molecule has 17 nitrogen and oxygen atoms in total. The van der Waals surface area contributed by atoms with E-state index in [1.165, 1.54) is 148 Å². The lowest BCUT2D eigenvalue weighted by atomic mass is 10.0. The van der Waals surface area contributed by atoms with Gasteiger partial charge < -0.3 is 33.8 Å². The van der Waals surface area contributed by atoms with Crippen LogP contribution in [-0.4, -0.2) is 96.7 Å². The lowest BCUT2D eigenvalue weighted by Gasteiger charge is -2.21. The van der Waals surface area contributed by atoms with Crippen molar-refractivity contribution in [1.82, 2.24) is 0 Å². The van der Waals surface area contributed by atoms with E-state index in [-0.39, 0.29) is 25.7 Å². The molecule has 2 unspecified atom stereocenters. The number of hydrogen-bond donors (Lipinski definition) is 3. The van der Waals surface area contributed by atoms with Crippen LogP contribution in [0.2, 0.25) is 0 Å². The van der Waals surface area contributed by atoms with Crippen molar-refractivity contribution in [3.63, 3.8) is 0 Å². The number of carbonyl (C=O) groups excluding carboxylic acids is 4. The molecule has 0 spiro atoms. The molecule has 0 aliphatic rings. The highest BCUT2D eigenvalue weighted by atomic mass is 31.2. The Kier molecular flexibility index (Phi) is 59.6. The summed E-state index contributed by atoms with van der Waals surface area (Å²) in [6.45, 7) is 11.6. The highest BCUT2D eigenvalue weighted by Gasteiger charge is 2.30. The molecule has 528 valence electrons. The predicted molar refractivity (Wildman–Crippen MR) is 358 cm³/mol. The molecule has 19 heteroatoms. The third-order valence-corrected chi connectivity index (χ3v) is 18.0. The van der Waals surface area contributed by atoms with Crippen LogP contribution in [-0.2, 0) is 65.4 Å². The molecular weight excluding hydrogens is 1170 g/mol. The smallest absolute Gasteiger partial charge is 0.462 e. The molecule has 89 heavy (non-hydrogen) atoms. The van der Waals surface area contributed by atoms with Crippen LogP contribution >= 0.6 is 15.6 Å². The minimum atomic E-state index is -4.95. The molecule has 0 fully saturated rings. The number of ether oxygens (including phenoxy) is 4. The first-order chi connectivity index (χ1) is 42.7. The van der Waals surface area contributed by atoms with E-state index in [0.717, 1.165) is 103 Å². The first kappa shape index (κ1) is 87.1. The number of phosphoric acid groups is 2. The van der Waals surface area contributed by atoms with Crippen molar-refractivity contribution in [2.75, 3.05) is 39.6 Å². The fourth-order valence-corrected chi connectivity index (χ4v) is 12.1. The summed E-state index contributed by atoms with van der Waals surface area (Å²) in [6, 6.07) is 0. The topological polar surface area (TPSA) is 237 Å². The molecule has 0 rings (SSSR count). The van der Waals surface area contributed by atoms with Crippen LogP contribution in [0.5, 0.6) is 0 Å². The number of carbonyl (C=O) groups is 4. The van der Waals surface area contributed by atoms with Crippen LogP contribution in [0, 0.1) is 17.8 Å². The normalized spacial score (nSPS) is 14.2. The summed E-state index contributed by atoms with van der Waals surface area (Å²) in [4.78, 5) is 72.3. The van der Waals surface area contributed by atoms with E-state index in [0.29, 0.717) is 43.4 Å². The third-order valence-electron chi connectivity index (χ3n) is 16.1. The molecule has 0 saturated heterocycles. The maximum atomic E-state index is 13.0. The molecule has 0 aliphatic heterocycles. The summed E-state index contributed by atoms with van der Waals surface area (Å²) in [5.41, 5.74) is 0. The molecule has 0 heterocycles. The number of aliphatic hydroxyl groups is 1. The van der Waals surface area contributed by atoms with Gasteiger partial charge in [-0.2, -0.15) is 0 Å². The lowest BCUT2D eigenvalue weighted by Crippen LogP contribution is -2.30. The molecule has 0 radical (unpaired) electrons. The van der Waals surface area contributed by atoms with Crippen molar-refractivity contribution in [1.29, 1.82) is 0 Å². The van der Waals surface area contributed by atoms with Crippen LogP contribution in [0.25, 0.3) is 0 Å². The van der Waals surface area contributed by atoms with Crippen molar-refractivity contribution >= 4 is 39.5 Å². The third kappa shape index (κ3) is 64.6. The van der Waals surface area contributed by atoms with E-state index >= 15 is 0 Å². The van der Waals surface area contributed by atoms with E-state index in [9.17, 15) is 43.2 Å². The zero-order chi connectivity index (χ0) is 65.9. The summed E-state index contributed by atoms with van der Waals surface area (Å²) in [5, 5.41) is 10.6. The van der Waals surface area contributed by atoms with Gasteiger partial charge >= 0.3 is 39.5 Å². The van der Waals surface area contributed by atoms with Gasteiger partial charge in [-0.15, -0.1) is 0 Å². The van der Waals surface area contributed by atoms with E-state index < -0.39 is 97.5 Å². The molecule has 0 amide bonds. The van der Waals surface area contributed by atoms with Crippen molar-refractivity contribution < 1.29 is 80.2 Å².